The summed E-state index contributed by atoms with van der Waals surface area (Å²) in [5.41, 5.74) is 62.0. The predicted molar refractivity (Wildman–Crippen MR) is 382 cm³/mol. The predicted octanol–water partition coefficient (Wildman–Crippen LogP) is -4.69. The Morgan fingerprint density at radius 3 is 0.858 bits per heavy atom. The van der Waals surface area contributed by atoms with Crippen LogP contribution in [0.5, 0.6) is 0 Å². The first-order valence-corrected chi connectivity index (χ1v) is 34.8. The molecule has 33 N–H and O–H groups in total. The van der Waals surface area contributed by atoms with Crippen LogP contribution in [0.3, 0.4) is 0 Å². The average Bonchev–Trinajstić information content (AvgIpc) is 0.746. The summed E-state index contributed by atoms with van der Waals surface area (Å²) in [4.78, 5) is 149. The van der Waals surface area contributed by atoms with Gasteiger partial charge in [0.05, 0.1) is 33.5 Å². The first kappa shape index (κ1) is 89.8. The Morgan fingerprint density at radius 1 is 0.387 bits per heavy atom. The van der Waals surface area contributed by atoms with Crippen molar-refractivity contribution in [3.63, 3.8) is 0 Å². The van der Waals surface area contributed by atoms with Gasteiger partial charge in [0, 0.05) is 56.7 Å². The summed E-state index contributed by atoms with van der Waals surface area (Å²) in [5.74, 6) is -35.0. The molecule has 2 aromatic carbocycles. The van der Waals surface area contributed by atoms with Crippen molar-refractivity contribution in [2.24, 2.45) is 105 Å². The molecule has 0 radical (unpaired) electrons. The molecule has 3 aliphatic heterocycles. The van der Waals surface area contributed by atoms with Crippen molar-refractivity contribution < 1.29 is 78.3 Å². The number of thioether (sulfide) groups is 2. The molecule has 4 bridgehead atoms. The number of nitrogens with one attached hydrogen (secondary N) is 9. The summed E-state index contributed by atoms with van der Waals surface area (Å²) >= 11 is -0.331. The number of fused-ring (bicyclic) bond motifs is 2. The molecule has 0 saturated heterocycles. The maximum Gasteiger partial charge on any atom is 0.243 e. The highest BCUT2D eigenvalue weighted by Gasteiger charge is 2.39. The van der Waals surface area contributed by atoms with Gasteiger partial charge in [-0.15, -0.1) is 23.5 Å². The van der Waals surface area contributed by atoms with Gasteiger partial charge in [-0.1, -0.05) is 13.8 Å². The molecule has 0 aromatic heterocycles. The summed E-state index contributed by atoms with van der Waals surface area (Å²) in [5, 5.41) is 22.0. The second-order valence-electron chi connectivity index (χ2n) is 23.8. The Bertz CT molecular complexity index is 3550. The van der Waals surface area contributed by atoms with E-state index in [9.17, 15) is 43.2 Å². The van der Waals surface area contributed by atoms with Gasteiger partial charge in [-0.2, -0.15) is 0 Å². The van der Waals surface area contributed by atoms with Gasteiger partial charge in [-0.3, -0.25) is 73.1 Å². The van der Waals surface area contributed by atoms with E-state index in [0.29, 0.717) is 0 Å². The Labute approximate surface area is 611 Å². The molecule has 0 aliphatic carbocycles. The smallest absolute Gasteiger partial charge is 0.243 e. The number of ketones is 1. The van der Waals surface area contributed by atoms with Gasteiger partial charge in [0.2, 0.25) is 47.3 Å². The molecule has 2 aromatic rings. The number of amides is 8. The third-order valence-corrected chi connectivity index (χ3v) is 17.6. The highest BCUT2D eigenvalue weighted by molar-refractivity contribution is 7.99. The maximum atomic E-state index is 16.3. The number of likely N-dealkylation sites (N-methyl/N-ethyl adjacent to an activating group) is 1. The van der Waals surface area contributed by atoms with Crippen LogP contribution in [0, 0.1) is 52.5 Å². The van der Waals surface area contributed by atoms with Crippen LogP contribution in [-0.4, -0.2) is 201 Å². The molecule has 8 amide bonds. The van der Waals surface area contributed by atoms with Crippen LogP contribution in [0.4, 0.5) is 35.1 Å². The molecule has 5 rings (SSSR count). The van der Waals surface area contributed by atoms with Crippen molar-refractivity contribution in [3.8, 4) is 11.1 Å². The number of aliphatic imine (C=N–C) groups is 6. The zero-order valence-electron chi connectivity index (χ0n) is 58.2. The van der Waals surface area contributed by atoms with E-state index >= 15 is 35.1 Å². The van der Waals surface area contributed by atoms with Gasteiger partial charge in [-0.05, 0) is 84.1 Å². The molecule has 590 valence electrons. The van der Waals surface area contributed by atoms with Gasteiger partial charge in [0.15, 0.2) is 88.1 Å². The fourth-order valence-electron chi connectivity index (χ4n) is 9.76. The molecule has 0 fully saturated rings. The normalized spacial score (nSPS) is 19.6. The summed E-state index contributed by atoms with van der Waals surface area (Å²) in [7, 11) is 1.14. The highest BCUT2D eigenvalue weighted by atomic mass is 32.2. The minimum absolute atomic E-state index is 0.0615. The fourth-order valence-corrected chi connectivity index (χ4v) is 11.8. The number of rotatable bonds is 29. The van der Waals surface area contributed by atoms with Crippen LogP contribution in [0.25, 0.3) is 11.1 Å². The molecule has 0 spiro atoms. The van der Waals surface area contributed by atoms with E-state index in [-0.39, 0.29) is 163 Å². The van der Waals surface area contributed by atoms with Crippen molar-refractivity contribution in [1.82, 2.24) is 47.9 Å². The van der Waals surface area contributed by atoms with Crippen molar-refractivity contribution >= 4 is 112 Å². The lowest BCUT2D eigenvalue weighted by Gasteiger charge is -2.28. The van der Waals surface area contributed by atoms with Crippen molar-refractivity contribution in [2.75, 3.05) is 64.4 Å². The maximum absolute atomic E-state index is 16.3. The number of hydrogen-bond donors (Lipinski definition) is 21. The molecule has 8 atom stereocenters. The van der Waals surface area contributed by atoms with E-state index in [4.69, 9.17) is 68.8 Å². The quantitative estimate of drug-likeness (QED) is 0.0120. The van der Waals surface area contributed by atoms with Gasteiger partial charge in [0.1, 0.15) is 42.3 Å². The zero-order chi connectivity index (χ0) is 79.7. The number of benzene rings is 2. The first-order valence-electron chi connectivity index (χ1n) is 32.8. The lowest BCUT2D eigenvalue weighted by Crippen LogP contribution is -2.60. The van der Waals surface area contributed by atoms with Crippen LogP contribution >= 0.6 is 23.5 Å². The molecular weight excluding hydrogens is 1460 g/mol. The van der Waals surface area contributed by atoms with Crippen molar-refractivity contribution in [2.45, 2.75) is 149 Å². The number of guanidine groups is 6. The third kappa shape index (κ3) is 29.6. The molecule has 0 saturated carbocycles. The SMILES string of the molecule is CNC1CSc2c(F)c(F)c(c(F)c2F)-c2c(F)c(F)c(c(F)c2F)SCC(C(=O)NCC(=O)C(C)C)NC(=O)C(CCCN=C(N)N)NC(=O)C(CCCN=C(N)N)NC(=O)C(CCCN=C(N)N)NC(=O)C(CCCN=C(N)N)NC(=O)C(CCCN=C(N)N)NC(=O)C(CCCN=C(N)N)NC1=O. The van der Waals surface area contributed by atoms with Gasteiger partial charge in [-0.25, -0.2) is 35.1 Å². The largest absolute Gasteiger partial charge is 0.370 e. The number of halogens is 8. The second-order valence-corrected chi connectivity index (χ2v) is 25.9. The van der Waals surface area contributed by atoms with E-state index in [2.05, 4.69) is 77.8 Å². The van der Waals surface area contributed by atoms with E-state index in [1.165, 1.54) is 13.8 Å². The van der Waals surface area contributed by atoms with E-state index in [1.54, 1.807) is 0 Å². The topological polar surface area (TPSA) is 648 Å². The summed E-state index contributed by atoms with van der Waals surface area (Å²) < 4.78 is 130. The lowest BCUT2D eigenvalue weighted by molar-refractivity contribution is -0.136. The number of nitrogens with two attached hydrogens (primary N) is 12. The summed E-state index contributed by atoms with van der Waals surface area (Å²) in [6.45, 7) is 1.13. The standard InChI is InChI=1S/C60H93F8N27O9S2/c1-25(2)34(96)22-88-47(97)33-24-106-46-43(67)39(63)36(40(64)44(46)68)35-37(61)41(65)45(42(66)38(35)62)105-23-32(81-3)54(104)94-30(14-8-20-86-59(77)78)52(102)92-28(12-6-18-84-57(73)74)50(100)90-26(10-4-16-82-55(69)70)48(98)89-27(11-5-17-83-56(71)72)49(99)91-29(13-7-19-85-58(75)76)51(101)93-31(53(103)95-33)15-9-21-87-60(79)80/h25-33,81H,4-24H2,1-3H3,(H,88,97)(H,89,98)(H,90,100)(H,91,99)(H,92,102)(H,93,101)(H,94,104)(H,95,103)(H4,69,70,82)(H4,71,72,83)(H4,73,74,84)(H4,75,76,85)(H4,77,78,86)(H4,79,80,87). The minimum atomic E-state index is -2.63. The van der Waals surface area contributed by atoms with Crippen LogP contribution in [0.2, 0.25) is 0 Å². The zero-order valence-corrected chi connectivity index (χ0v) is 59.8. The molecule has 36 nitrogen and oxygen atoms in total. The van der Waals surface area contributed by atoms with Gasteiger partial charge in [0.25, 0.3) is 0 Å². The fraction of sp³-hybridized carbons (Fsp3) is 0.550. The van der Waals surface area contributed by atoms with E-state index < -0.39 is 205 Å². The molecule has 46 heteroatoms. The lowest BCUT2D eigenvalue weighted by atomic mass is 10.0. The summed E-state index contributed by atoms with van der Waals surface area (Å²) in [6, 6.07) is -14.1. The Hall–Kier alpha value is -10.4. The summed E-state index contributed by atoms with van der Waals surface area (Å²) in [6.07, 6.45) is -2.69. The molecule has 106 heavy (non-hydrogen) atoms. The highest BCUT2D eigenvalue weighted by Crippen LogP contribution is 2.42. The Kier molecular flexibility index (Phi) is 38.2. The molecule has 8 unspecified atom stereocenters. The van der Waals surface area contributed by atoms with Crippen molar-refractivity contribution in [3.05, 3.63) is 46.5 Å². The number of carbonyl (C=O) groups is 9. The third-order valence-electron chi connectivity index (χ3n) is 15.3. The number of carbonyl (C=O) groups excluding carboxylic acids is 9. The van der Waals surface area contributed by atoms with Crippen molar-refractivity contribution in [1.29, 1.82) is 0 Å². The second kappa shape index (κ2) is 45.1. The average molecular weight is 1550 g/mol. The number of hydrogen-bond acceptors (Lipinski definition) is 18. The van der Waals surface area contributed by atoms with E-state index in [1.807, 2.05) is 0 Å². The van der Waals surface area contributed by atoms with Crippen LogP contribution in [-0.2, 0) is 43.2 Å². The van der Waals surface area contributed by atoms with Crippen LogP contribution < -0.4 is 117 Å². The Morgan fingerprint density at radius 2 is 0.623 bits per heavy atom. The number of nitrogens with zero attached hydrogens (tertiary/aromatic N) is 6. The molecular formula is C60H93F8N27O9S2. The minimum Gasteiger partial charge on any atom is -0.370 e. The van der Waals surface area contributed by atoms with Gasteiger partial charge < -0.3 is 117 Å². The number of Topliss-reactive ketones (excluding diaryl/α,β-unsaturated/α-hetero) is 1. The van der Waals surface area contributed by atoms with Crippen LogP contribution in [0.1, 0.15) is 90.9 Å². The first-order chi connectivity index (χ1) is 49.9. The van der Waals surface area contributed by atoms with E-state index in [0.717, 1.165) is 7.05 Å². The molecule has 3 heterocycles. The molecule has 3 aliphatic rings. The van der Waals surface area contributed by atoms with Gasteiger partial charge >= 0.3 is 0 Å². The monoisotopic (exact) mass is 1550 g/mol. The van der Waals surface area contributed by atoms with Crippen LogP contribution in [0.15, 0.2) is 39.7 Å². The Balaban J connectivity index is 2.49.